The van der Waals surface area contributed by atoms with Gasteiger partial charge in [-0.15, -0.1) is 24.8 Å². The predicted octanol–water partition coefficient (Wildman–Crippen LogP) is 1.35. The van der Waals surface area contributed by atoms with Crippen molar-refractivity contribution >= 4 is 30.7 Å². The van der Waals surface area contributed by atoms with Crippen molar-refractivity contribution in [1.82, 2.24) is 10.2 Å². The van der Waals surface area contributed by atoms with E-state index in [1.807, 2.05) is 25.1 Å². The standard InChI is InChI=1S/C12H18FN3O.2ClH/c1-16(2)11(8-15-12(17)7-14)9-4-3-5-10(13)6-9;;/h3-6,11H,7-8,14H2,1-2H3,(H,15,17);2*1H. The van der Waals surface area contributed by atoms with E-state index in [4.69, 9.17) is 5.73 Å². The van der Waals surface area contributed by atoms with Crippen LogP contribution in [0.5, 0.6) is 0 Å². The zero-order valence-corrected chi connectivity index (χ0v) is 12.6. The van der Waals surface area contributed by atoms with E-state index in [0.717, 1.165) is 5.56 Å². The van der Waals surface area contributed by atoms with Crippen molar-refractivity contribution in [2.45, 2.75) is 6.04 Å². The van der Waals surface area contributed by atoms with Crippen molar-refractivity contribution < 1.29 is 9.18 Å². The number of nitrogens with two attached hydrogens (primary N) is 1. The molecule has 0 aromatic heterocycles. The highest BCUT2D eigenvalue weighted by molar-refractivity contribution is 5.85. The molecule has 1 amide bonds. The van der Waals surface area contributed by atoms with E-state index >= 15 is 0 Å². The van der Waals surface area contributed by atoms with Crippen LogP contribution in [0.2, 0.25) is 0 Å². The van der Waals surface area contributed by atoms with Crippen molar-refractivity contribution in [3.63, 3.8) is 0 Å². The third-order valence-corrected chi connectivity index (χ3v) is 2.53. The highest BCUT2D eigenvalue weighted by atomic mass is 35.5. The van der Waals surface area contributed by atoms with Crippen LogP contribution in [-0.2, 0) is 4.79 Å². The Morgan fingerprint density at radius 3 is 2.53 bits per heavy atom. The summed E-state index contributed by atoms with van der Waals surface area (Å²) in [5, 5.41) is 2.70. The largest absolute Gasteiger partial charge is 0.353 e. The Kier molecular flexibility index (Phi) is 10.7. The van der Waals surface area contributed by atoms with Gasteiger partial charge >= 0.3 is 0 Å². The molecule has 1 aromatic carbocycles. The average molecular weight is 312 g/mol. The van der Waals surface area contributed by atoms with Crippen molar-refractivity contribution in [2.24, 2.45) is 5.73 Å². The van der Waals surface area contributed by atoms with Crippen LogP contribution in [0.15, 0.2) is 24.3 Å². The van der Waals surface area contributed by atoms with Gasteiger partial charge in [0.15, 0.2) is 0 Å². The van der Waals surface area contributed by atoms with Crippen LogP contribution in [-0.4, -0.2) is 38.0 Å². The van der Waals surface area contributed by atoms with Crippen LogP contribution in [0, 0.1) is 5.82 Å². The fourth-order valence-electron chi connectivity index (χ4n) is 1.60. The van der Waals surface area contributed by atoms with Gasteiger partial charge in [0, 0.05) is 6.54 Å². The maximum atomic E-state index is 13.1. The molecule has 0 bridgehead atoms. The number of rotatable bonds is 5. The summed E-state index contributed by atoms with van der Waals surface area (Å²) in [6, 6.07) is 6.29. The van der Waals surface area contributed by atoms with E-state index in [-0.39, 0.29) is 49.1 Å². The Labute approximate surface area is 125 Å². The molecule has 1 unspecified atom stereocenters. The van der Waals surface area contributed by atoms with Gasteiger partial charge in [0.05, 0.1) is 12.6 Å². The van der Waals surface area contributed by atoms with Gasteiger partial charge in [-0.05, 0) is 31.8 Å². The molecule has 1 aromatic rings. The summed E-state index contributed by atoms with van der Waals surface area (Å²) in [5.74, 6) is -0.493. The second-order valence-electron chi connectivity index (χ2n) is 4.04. The number of hydrogen-bond donors (Lipinski definition) is 2. The second-order valence-corrected chi connectivity index (χ2v) is 4.04. The van der Waals surface area contributed by atoms with E-state index in [2.05, 4.69) is 5.32 Å². The third-order valence-electron chi connectivity index (χ3n) is 2.53. The lowest BCUT2D eigenvalue weighted by molar-refractivity contribution is -0.119. The number of nitrogens with zero attached hydrogens (tertiary/aromatic N) is 1. The lowest BCUT2D eigenvalue weighted by Crippen LogP contribution is -2.37. The maximum absolute atomic E-state index is 13.1. The molecule has 1 rings (SSSR count). The van der Waals surface area contributed by atoms with Gasteiger partial charge in [0.2, 0.25) is 5.91 Å². The first-order chi connectivity index (χ1) is 8.04. The van der Waals surface area contributed by atoms with Crippen LogP contribution in [0.1, 0.15) is 11.6 Å². The van der Waals surface area contributed by atoms with Gasteiger partial charge in [0.1, 0.15) is 5.82 Å². The maximum Gasteiger partial charge on any atom is 0.233 e. The summed E-state index contributed by atoms with van der Waals surface area (Å²) in [7, 11) is 3.76. The van der Waals surface area contributed by atoms with E-state index in [0.29, 0.717) is 6.54 Å². The van der Waals surface area contributed by atoms with E-state index in [9.17, 15) is 9.18 Å². The highest BCUT2D eigenvalue weighted by Crippen LogP contribution is 2.18. The average Bonchev–Trinajstić information content (AvgIpc) is 2.28. The summed E-state index contributed by atoms with van der Waals surface area (Å²) >= 11 is 0. The van der Waals surface area contributed by atoms with E-state index < -0.39 is 0 Å². The van der Waals surface area contributed by atoms with Gasteiger partial charge in [-0.1, -0.05) is 12.1 Å². The molecule has 0 saturated heterocycles. The smallest absolute Gasteiger partial charge is 0.233 e. The molecule has 110 valence electrons. The number of carbonyl (C=O) groups is 1. The lowest BCUT2D eigenvalue weighted by atomic mass is 10.1. The predicted molar refractivity (Wildman–Crippen MR) is 79.4 cm³/mol. The lowest BCUT2D eigenvalue weighted by Gasteiger charge is -2.25. The fraction of sp³-hybridized carbons (Fsp3) is 0.417. The molecule has 0 aliphatic rings. The van der Waals surface area contributed by atoms with Crippen LogP contribution in [0.25, 0.3) is 0 Å². The molecular weight excluding hydrogens is 292 g/mol. The molecule has 19 heavy (non-hydrogen) atoms. The number of amides is 1. The third kappa shape index (κ3) is 6.73. The van der Waals surface area contributed by atoms with Gasteiger partial charge in [0.25, 0.3) is 0 Å². The minimum absolute atomic E-state index is 0. The minimum atomic E-state index is -0.278. The normalized spacial score (nSPS) is 11.2. The summed E-state index contributed by atoms with van der Waals surface area (Å²) in [6.45, 7) is 0.371. The Balaban J connectivity index is 0. The first-order valence-electron chi connectivity index (χ1n) is 5.43. The van der Waals surface area contributed by atoms with Crippen molar-refractivity contribution in [2.75, 3.05) is 27.2 Å². The summed E-state index contributed by atoms with van der Waals surface area (Å²) < 4.78 is 13.1. The number of likely N-dealkylation sites (N-methyl/N-ethyl adjacent to an activating group) is 1. The van der Waals surface area contributed by atoms with Crippen LogP contribution in [0.3, 0.4) is 0 Å². The molecule has 0 aliphatic heterocycles. The molecule has 7 heteroatoms. The summed E-state index contributed by atoms with van der Waals surface area (Å²) in [5.41, 5.74) is 6.04. The molecule has 0 fully saturated rings. The SMILES string of the molecule is CN(C)C(CNC(=O)CN)c1cccc(F)c1.Cl.Cl. The Hall–Kier alpha value is -0.880. The van der Waals surface area contributed by atoms with Gasteiger partial charge in [-0.3, -0.25) is 4.79 Å². The number of halogens is 3. The quantitative estimate of drug-likeness (QED) is 0.863. The van der Waals surface area contributed by atoms with Crippen molar-refractivity contribution in [3.05, 3.63) is 35.6 Å². The zero-order valence-electron chi connectivity index (χ0n) is 10.9. The molecule has 0 heterocycles. The number of hydrogen-bond acceptors (Lipinski definition) is 3. The Bertz CT molecular complexity index is 391. The van der Waals surface area contributed by atoms with Crippen molar-refractivity contribution in [1.29, 1.82) is 0 Å². The summed E-state index contributed by atoms with van der Waals surface area (Å²) in [6.07, 6.45) is 0. The van der Waals surface area contributed by atoms with Gasteiger partial charge in [-0.25, -0.2) is 4.39 Å². The molecule has 0 radical (unpaired) electrons. The highest BCUT2D eigenvalue weighted by Gasteiger charge is 2.15. The second kappa shape index (κ2) is 9.97. The number of benzene rings is 1. The van der Waals surface area contributed by atoms with Crippen LogP contribution < -0.4 is 11.1 Å². The van der Waals surface area contributed by atoms with Crippen LogP contribution >= 0.6 is 24.8 Å². The topological polar surface area (TPSA) is 58.4 Å². The fourth-order valence-corrected chi connectivity index (χ4v) is 1.60. The number of nitrogens with one attached hydrogen (secondary N) is 1. The minimum Gasteiger partial charge on any atom is -0.353 e. The number of carbonyl (C=O) groups excluding carboxylic acids is 1. The molecule has 0 spiro atoms. The van der Waals surface area contributed by atoms with Crippen molar-refractivity contribution in [3.8, 4) is 0 Å². The molecule has 1 atom stereocenters. The molecule has 0 aliphatic carbocycles. The first-order valence-corrected chi connectivity index (χ1v) is 5.43. The first kappa shape index (κ1) is 20.4. The zero-order chi connectivity index (χ0) is 12.8. The molecule has 4 nitrogen and oxygen atoms in total. The van der Waals surface area contributed by atoms with Gasteiger partial charge in [-0.2, -0.15) is 0 Å². The van der Waals surface area contributed by atoms with E-state index in [1.165, 1.54) is 12.1 Å². The molecule has 3 N–H and O–H groups in total. The monoisotopic (exact) mass is 311 g/mol. The van der Waals surface area contributed by atoms with Crippen LogP contribution in [0.4, 0.5) is 4.39 Å². The Morgan fingerprint density at radius 1 is 1.42 bits per heavy atom. The molecule has 0 saturated carbocycles. The van der Waals surface area contributed by atoms with Gasteiger partial charge < -0.3 is 16.0 Å². The van der Waals surface area contributed by atoms with E-state index in [1.54, 1.807) is 6.07 Å². The summed E-state index contributed by atoms with van der Waals surface area (Å²) in [4.78, 5) is 13.0. The molecular formula is C12H20Cl2FN3O. The Morgan fingerprint density at radius 2 is 2.05 bits per heavy atom.